The van der Waals surface area contributed by atoms with Crippen LogP contribution < -0.4 is 0 Å². The van der Waals surface area contributed by atoms with Crippen LogP contribution in [0.2, 0.25) is 0 Å². The lowest BCUT2D eigenvalue weighted by molar-refractivity contribution is 0.0661. The van der Waals surface area contributed by atoms with Crippen molar-refractivity contribution in [1.29, 1.82) is 0 Å². The average molecular weight is 350 g/mol. The molecule has 1 atom stereocenters. The van der Waals surface area contributed by atoms with Crippen molar-refractivity contribution in [2.45, 2.75) is 57.9 Å². The highest BCUT2D eigenvalue weighted by molar-refractivity contribution is 9.10. The van der Waals surface area contributed by atoms with Gasteiger partial charge in [0, 0.05) is 22.6 Å². The van der Waals surface area contributed by atoms with Gasteiger partial charge in [-0.2, -0.15) is 0 Å². The number of hydrogen-bond acceptors (Lipinski definition) is 1. The maximum atomic E-state index is 12.9. The summed E-state index contributed by atoms with van der Waals surface area (Å²) >= 11 is 3.54. The van der Waals surface area contributed by atoms with Crippen LogP contribution in [0.4, 0.5) is 0 Å². The van der Waals surface area contributed by atoms with Crippen LogP contribution in [0.25, 0.3) is 0 Å². The Morgan fingerprint density at radius 2 is 1.90 bits per heavy atom. The van der Waals surface area contributed by atoms with Crippen molar-refractivity contribution in [2.75, 3.05) is 6.54 Å². The second kappa shape index (κ2) is 6.51. The fourth-order valence-electron chi connectivity index (χ4n) is 3.95. The molecule has 1 unspecified atom stereocenters. The molecule has 1 aliphatic heterocycles. The molecule has 1 aromatic rings. The van der Waals surface area contributed by atoms with E-state index in [1.807, 2.05) is 18.2 Å². The summed E-state index contributed by atoms with van der Waals surface area (Å²) in [4.78, 5) is 15.0. The molecule has 3 heteroatoms. The van der Waals surface area contributed by atoms with Gasteiger partial charge in [0.1, 0.15) is 0 Å². The van der Waals surface area contributed by atoms with Crippen LogP contribution in [0, 0.1) is 12.8 Å². The summed E-state index contributed by atoms with van der Waals surface area (Å²) in [6.07, 6.45) is 9.06. The van der Waals surface area contributed by atoms with E-state index in [0.717, 1.165) is 22.5 Å². The molecule has 0 N–H and O–H groups in total. The number of nitrogens with zero attached hydrogens (tertiary/aromatic N) is 1. The van der Waals surface area contributed by atoms with Crippen molar-refractivity contribution in [3.8, 4) is 0 Å². The predicted octanol–water partition coefficient (Wildman–Crippen LogP) is 4.94. The normalized spacial score (nSPS) is 23.5. The average Bonchev–Trinajstić information content (AvgIpc) is 2.99. The number of halogens is 1. The van der Waals surface area contributed by atoms with Crippen molar-refractivity contribution in [3.05, 3.63) is 33.8 Å². The van der Waals surface area contributed by atoms with Gasteiger partial charge in [0.25, 0.3) is 5.91 Å². The van der Waals surface area contributed by atoms with Gasteiger partial charge in [0.05, 0.1) is 0 Å². The molecule has 1 saturated heterocycles. The summed E-state index contributed by atoms with van der Waals surface area (Å²) in [5.74, 6) is 0.961. The lowest BCUT2D eigenvalue weighted by Gasteiger charge is -2.34. The molecule has 2 nitrogen and oxygen atoms in total. The SMILES string of the molecule is Cc1ccc(C(=O)N2CCCC2C2CCCCC2)cc1Br. The molecule has 2 aliphatic rings. The Morgan fingerprint density at radius 1 is 1.14 bits per heavy atom. The Kier molecular flexibility index (Phi) is 4.68. The van der Waals surface area contributed by atoms with E-state index in [4.69, 9.17) is 0 Å². The first-order valence-corrected chi connectivity index (χ1v) is 9.03. The lowest BCUT2D eigenvalue weighted by Crippen LogP contribution is -2.40. The first-order chi connectivity index (χ1) is 10.2. The van der Waals surface area contributed by atoms with E-state index in [1.165, 1.54) is 50.5 Å². The van der Waals surface area contributed by atoms with Gasteiger partial charge in [-0.1, -0.05) is 41.3 Å². The van der Waals surface area contributed by atoms with E-state index >= 15 is 0 Å². The molecule has 1 amide bonds. The van der Waals surface area contributed by atoms with Crippen LogP contribution in [-0.4, -0.2) is 23.4 Å². The Balaban J connectivity index is 1.77. The molecule has 114 valence electrons. The minimum Gasteiger partial charge on any atom is -0.335 e. The molecule has 0 spiro atoms. The monoisotopic (exact) mass is 349 g/mol. The largest absolute Gasteiger partial charge is 0.335 e. The molecular weight excluding hydrogens is 326 g/mol. The third-order valence-corrected chi connectivity index (χ3v) is 6.03. The van der Waals surface area contributed by atoms with Crippen LogP contribution in [0.5, 0.6) is 0 Å². The number of rotatable bonds is 2. The summed E-state index contributed by atoms with van der Waals surface area (Å²) in [5.41, 5.74) is 2.01. The van der Waals surface area contributed by atoms with Crippen molar-refractivity contribution in [1.82, 2.24) is 4.90 Å². The zero-order chi connectivity index (χ0) is 14.8. The summed E-state index contributed by atoms with van der Waals surface area (Å²) in [6.45, 7) is 2.99. The third-order valence-electron chi connectivity index (χ3n) is 5.17. The molecule has 1 heterocycles. The van der Waals surface area contributed by atoms with Crippen molar-refractivity contribution in [3.63, 3.8) is 0 Å². The smallest absolute Gasteiger partial charge is 0.254 e. The Morgan fingerprint density at radius 3 is 2.62 bits per heavy atom. The standard InChI is InChI=1S/C18H24BrNO/c1-13-9-10-15(12-16(13)19)18(21)20-11-5-8-17(20)14-6-3-2-4-7-14/h9-10,12,14,17H,2-8,11H2,1H3. The van der Waals surface area contributed by atoms with Gasteiger partial charge in [-0.15, -0.1) is 0 Å². The fraction of sp³-hybridized carbons (Fsp3) is 0.611. The van der Waals surface area contributed by atoms with E-state index in [1.54, 1.807) is 0 Å². The van der Waals surface area contributed by atoms with E-state index in [9.17, 15) is 4.79 Å². The van der Waals surface area contributed by atoms with Gasteiger partial charge in [-0.25, -0.2) is 0 Å². The van der Waals surface area contributed by atoms with Gasteiger partial charge in [0.15, 0.2) is 0 Å². The van der Waals surface area contributed by atoms with Gasteiger partial charge >= 0.3 is 0 Å². The molecule has 1 saturated carbocycles. The van der Waals surface area contributed by atoms with E-state index < -0.39 is 0 Å². The summed E-state index contributed by atoms with van der Waals surface area (Å²) < 4.78 is 1.03. The molecule has 1 aromatic carbocycles. The third kappa shape index (κ3) is 3.18. The molecule has 21 heavy (non-hydrogen) atoms. The van der Waals surface area contributed by atoms with E-state index in [0.29, 0.717) is 6.04 Å². The Hall–Kier alpha value is -0.830. The van der Waals surface area contributed by atoms with Gasteiger partial charge in [-0.3, -0.25) is 4.79 Å². The van der Waals surface area contributed by atoms with Crippen LogP contribution in [0.15, 0.2) is 22.7 Å². The molecule has 1 aliphatic carbocycles. The first-order valence-electron chi connectivity index (χ1n) is 8.24. The number of likely N-dealkylation sites (tertiary alicyclic amines) is 1. The van der Waals surface area contributed by atoms with Crippen LogP contribution >= 0.6 is 15.9 Å². The fourth-order valence-corrected chi connectivity index (χ4v) is 4.32. The van der Waals surface area contributed by atoms with E-state index in [-0.39, 0.29) is 5.91 Å². The molecule has 0 aromatic heterocycles. The molecule has 0 bridgehead atoms. The van der Waals surface area contributed by atoms with Crippen molar-refractivity contribution >= 4 is 21.8 Å². The van der Waals surface area contributed by atoms with Crippen molar-refractivity contribution < 1.29 is 4.79 Å². The Labute approximate surface area is 136 Å². The second-order valence-corrected chi connectivity index (χ2v) is 7.42. The van der Waals surface area contributed by atoms with Crippen LogP contribution in [0.1, 0.15) is 60.9 Å². The van der Waals surface area contributed by atoms with Crippen LogP contribution in [0.3, 0.4) is 0 Å². The highest BCUT2D eigenvalue weighted by atomic mass is 79.9. The predicted molar refractivity (Wildman–Crippen MR) is 89.5 cm³/mol. The van der Waals surface area contributed by atoms with Gasteiger partial charge < -0.3 is 4.90 Å². The maximum absolute atomic E-state index is 12.9. The minimum absolute atomic E-state index is 0.226. The number of carbonyl (C=O) groups is 1. The number of benzene rings is 1. The van der Waals surface area contributed by atoms with Crippen molar-refractivity contribution in [2.24, 2.45) is 5.92 Å². The van der Waals surface area contributed by atoms with Gasteiger partial charge in [0.2, 0.25) is 0 Å². The maximum Gasteiger partial charge on any atom is 0.254 e. The summed E-state index contributed by atoms with van der Waals surface area (Å²) in [6, 6.07) is 6.47. The number of hydrogen-bond donors (Lipinski definition) is 0. The molecule has 3 rings (SSSR count). The first kappa shape index (κ1) is 15.1. The highest BCUT2D eigenvalue weighted by Crippen LogP contribution is 2.35. The highest BCUT2D eigenvalue weighted by Gasteiger charge is 2.35. The second-order valence-electron chi connectivity index (χ2n) is 6.57. The number of carbonyl (C=O) groups excluding carboxylic acids is 1. The number of amides is 1. The summed E-state index contributed by atoms with van der Waals surface area (Å²) in [5, 5.41) is 0. The summed E-state index contributed by atoms with van der Waals surface area (Å²) in [7, 11) is 0. The topological polar surface area (TPSA) is 20.3 Å². The number of aryl methyl sites for hydroxylation is 1. The molecule has 0 radical (unpaired) electrons. The van der Waals surface area contributed by atoms with Gasteiger partial charge in [-0.05, 0) is 56.2 Å². The lowest BCUT2D eigenvalue weighted by atomic mass is 9.83. The zero-order valence-corrected chi connectivity index (χ0v) is 14.4. The quantitative estimate of drug-likeness (QED) is 0.740. The molecule has 2 fully saturated rings. The zero-order valence-electron chi connectivity index (χ0n) is 12.8. The van der Waals surface area contributed by atoms with E-state index in [2.05, 4.69) is 27.8 Å². The minimum atomic E-state index is 0.226. The molecular formula is C18H24BrNO. The van der Waals surface area contributed by atoms with Crippen LogP contribution in [-0.2, 0) is 0 Å². The Bertz CT molecular complexity index is 522.